The molecule has 7 aromatic rings. The van der Waals surface area contributed by atoms with Crippen LogP contribution in [0.5, 0.6) is 0 Å². The summed E-state index contributed by atoms with van der Waals surface area (Å²) < 4.78 is 171. The van der Waals surface area contributed by atoms with E-state index in [9.17, 15) is 0 Å². The maximum Gasteiger partial charge on any atom is 0.651 e. The first-order chi connectivity index (χ1) is 48.4. The highest BCUT2D eigenvalue weighted by Gasteiger charge is 2.93. The van der Waals surface area contributed by atoms with E-state index in [1.807, 2.05) is 304 Å². The Morgan fingerprint density at radius 3 is 0.621 bits per heavy atom. The molecular weight excluding hydrogens is 1580 g/mol. The van der Waals surface area contributed by atoms with Crippen molar-refractivity contribution in [1.82, 2.24) is 0 Å². The number of hydrogen-bond acceptors (Lipinski definition) is 21. The van der Waals surface area contributed by atoms with Gasteiger partial charge in [0.25, 0.3) is 0 Å². The van der Waals surface area contributed by atoms with E-state index in [-0.39, 0.29) is 6.10 Å². The van der Waals surface area contributed by atoms with Crippen molar-refractivity contribution in [2.75, 3.05) is 0 Å². The summed E-state index contributed by atoms with van der Waals surface area (Å²) in [6.45, 7) is 32.7. The zero-order valence-corrected chi connectivity index (χ0v) is 77.5. The highest BCUT2D eigenvalue weighted by Crippen LogP contribution is 2.54. The zero-order valence-electron chi connectivity index (χ0n) is 61.5. The van der Waals surface area contributed by atoms with Crippen molar-refractivity contribution in [3.05, 3.63) is 212 Å². The summed E-state index contributed by atoms with van der Waals surface area (Å²) in [5, 5.41) is 5.80. The summed E-state index contributed by atoms with van der Waals surface area (Å²) >= 11 is 0. The molecule has 7 heterocycles. The normalized spacial score (nSPS) is 31.1. The third-order valence-corrected chi connectivity index (χ3v) is 81.7. The van der Waals surface area contributed by atoms with Crippen LogP contribution in [0.2, 0.25) is 111 Å². The smallest absolute Gasteiger partial charge is 0.395 e. The summed E-state index contributed by atoms with van der Waals surface area (Å²) in [6.07, 6.45) is 4.31. The van der Waals surface area contributed by atoms with E-state index in [4.69, 9.17) is 87.0 Å². The zero-order chi connectivity index (χ0) is 72.9. The van der Waals surface area contributed by atoms with Crippen LogP contribution in [0, 0.1) is 5.92 Å². The average molecular weight is 1670 g/mol. The van der Waals surface area contributed by atoms with Gasteiger partial charge in [-0.25, -0.2) is 0 Å². The lowest BCUT2D eigenvalue weighted by Crippen LogP contribution is -2.93. The first-order valence-electron chi connectivity index (χ1n) is 35.5. The predicted octanol–water partition coefficient (Wildman–Crippen LogP) is 9.82. The quantitative estimate of drug-likeness (QED) is 0.0366. The molecule has 8 bridgehead atoms. The highest BCUT2D eigenvalue weighted by molar-refractivity contribution is 7.07. The van der Waals surface area contributed by atoms with Crippen LogP contribution in [0.25, 0.3) is 0 Å². The van der Waals surface area contributed by atoms with Gasteiger partial charge in [0.15, 0.2) is 8.32 Å². The molecule has 1 aliphatic carbocycles. The highest BCUT2D eigenvalue weighted by atomic mass is 28.7. The van der Waals surface area contributed by atoms with E-state index in [2.05, 4.69) is 13.1 Å². The molecule has 7 aromatic carbocycles. The van der Waals surface area contributed by atoms with E-state index >= 15 is 0 Å². The largest absolute Gasteiger partial charge is 0.651 e. The molecule has 0 aromatic heterocycles. The van der Waals surface area contributed by atoms with Gasteiger partial charge < -0.3 is 87.0 Å². The van der Waals surface area contributed by atoms with Crippen LogP contribution in [0.15, 0.2) is 212 Å². The average Bonchev–Trinajstić information content (AvgIpc) is 1.10. The van der Waals surface area contributed by atoms with E-state index < -0.39 is 139 Å². The van der Waals surface area contributed by atoms with E-state index in [0.717, 1.165) is 62.0 Å². The summed E-state index contributed by atoms with van der Waals surface area (Å²) in [5.41, 5.74) is 0. The van der Waals surface area contributed by atoms with Crippen molar-refractivity contribution in [2.45, 2.75) is 149 Å². The molecule has 37 heteroatoms. The fourth-order valence-corrected chi connectivity index (χ4v) is 86.7. The number of ether oxygens (including phenoxy) is 1. The Balaban J connectivity index is 1.12. The summed E-state index contributed by atoms with van der Waals surface area (Å²) in [5.74, 6) is 0.351. The molecule has 8 fully saturated rings. The van der Waals surface area contributed by atoms with Gasteiger partial charge in [-0.2, -0.15) is 0 Å². The number of rotatable bonds is 26. The van der Waals surface area contributed by atoms with E-state index in [1.54, 1.807) is 0 Å². The molecule has 0 amide bonds. The van der Waals surface area contributed by atoms with Gasteiger partial charge in [0.1, 0.15) is 0 Å². The molecule has 21 nitrogen and oxygen atoms in total. The van der Waals surface area contributed by atoms with Gasteiger partial charge >= 0.3 is 72.4 Å². The molecule has 7 saturated heterocycles. The van der Waals surface area contributed by atoms with Gasteiger partial charge in [0.2, 0.25) is 58.2 Å². The third-order valence-electron chi connectivity index (χ3n) is 19.6. The Morgan fingerprint density at radius 2 is 0.437 bits per heavy atom. The minimum atomic E-state index is -5.71. The molecule has 103 heavy (non-hydrogen) atoms. The molecule has 550 valence electrons. The Hall–Kier alpha value is -2.83. The van der Waals surface area contributed by atoms with Crippen molar-refractivity contribution in [2.24, 2.45) is 5.92 Å². The van der Waals surface area contributed by atoms with Crippen LogP contribution in [-0.2, 0) is 87.0 Å². The van der Waals surface area contributed by atoms with Crippen LogP contribution in [0.3, 0.4) is 0 Å². The summed E-state index contributed by atoms with van der Waals surface area (Å²) in [4.78, 5) is 0. The van der Waals surface area contributed by atoms with Gasteiger partial charge in [0, 0.05) is 0 Å². The van der Waals surface area contributed by atoms with E-state index in [1.165, 1.54) is 0 Å². The Bertz CT molecular complexity index is 3750. The topological polar surface area (TPSA) is 197 Å². The van der Waals surface area contributed by atoms with E-state index in [0.29, 0.717) is 18.1 Å². The lowest BCUT2D eigenvalue weighted by Gasteiger charge is -2.61. The minimum absolute atomic E-state index is 0.245. The SMILES string of the molecule is C[Si](C)(CCC1CCC2OC2C1)O[Si]12O[Si]3(O[Si](C)(C)c4ccccc4)O[Si]4(O[Si](C)(C)c5ccccc5)O[Si](O[Si](C)(C)c5ccccc5)(O1)O[Si]1(O[Si](C)(C)c5ccccc5)O[Si](O[Si](C)(C)c5ccccc5)(O2)O[Si](O[Si](C)(C)c2ccccc2)(O3)O[Si](O[Si](C)(C)c2ccccc2)(O4)O1. The number of epoxide rings is 1. The lowest BCUT2D eigenvalue weighted by atomic mass is 9.88. The van der Waals surface area contributed by atoms with Crippen LogP contribution >= 0.6 is 0 Å². The maximum atomic E-state index is 8.35. The van der Waals surface area contributed by atoms with Crippen LogP contribution in [-0.4, -0.2) is 151 Å². The molecular formula is C66H96O21Si16. The van der Waals surface area contributed by atoms with Crippen molar-refractivity contribution in [3.8, 4) is 0 Å². The van der Waals surface area contributed by atoms with Crippen molar-refractivity contribution in [1.29, 1.82) is 0 Å². The third kappa shape index (κ3) is 16.8. The molecule has 1 saturated carbocycles. The molecule has 7 aliphatic heterocycles. The predicted molar refractivity (Wildman–Crippen MR) is 426 cm³/mol. The van der Waals surface area contributed by atoms with Crippen LogP contribution < -0.4 is 36.3 Å². The van der Waals surface area contributed by atoms with Crippen molar-refractivity contribution in [3.63, 3.8) is 0 Å². The maximum absolute atomic E-state index is 8.35. The first kappa shape index (κ1) is 76.9. The lowest BCUT2D eigenvalue weighted by molar-refractivity contribution is -0.129. The second-order valence-corrected chi connectivity index (χ2v) is 84.9. The molecule has 0 radical (unpaired) electrons. The molecule has 15 rings (SSSR count). The number of hydrogen-bond donors (Lipinski definition) is 0. The van der Waals surface area contributed by atoms with Gasteiger partial charge in [-0.05, 0) is 172 Å². The number of benzene rings is 7. The summed E-state index contributed by atoms with van der Waals surface area (Å²) in [7, 11) is -74.1. The van der Waals surface area contributed by atoms with Crippen LogP contribution in [0.1, 0.15) is 25.7 Å². The van der Waals surface area contributed by atoms with Gasteiger partial charge in [0.05, 0.1) is 12.2 Å². The number of fused-ring (bicyclic) bond motifs is 1. The standard InChI is InChI=1S/C66H96O21Si16/c1-88(2,55-54-57-52-53-65-66(56-57)67-65)68-96-76-97(69-89(3,4)58-38-24-17-25-39-58)79-100(72-92(9,10)61-44-30-20-31-45-61)81-98(77-96,70-90(5,6)59-40-26-18-27-41-59)83-102(74-94(13,14)63-48-34-22-35-49-63)84-99(78-96,71-91(7,8)60-42-28-19-29-43-60)82-101(80-97,73-93(11,12)62-46-32-21-33-47-62)86-103(85-100,87-102)75-95(15,16)64-50-36-23-37-51-64/h17-51,57,65-66H,52-56H2,1-16H3. The Labute approximate surface area is 624 Å². The van der Waals surface area contributed by atoms with Gasteiger partial charge in [-0.3, -0.25) is 0 Å². The second-order valence-electron chi connectivity index (χ2n) is 31.4. The molecule has 3 unspecified atom stereocenters. The van der Waals surface area contributed by atoms with Gasteiger partial charge in [-0.15, -0.1) is 0 Å². The summed E-state index contributed by atoms with van der Waals surface area (Å²) in [6, 6.07) is 70.0. The van der Waals surface area contributed by atoms with Crippen molar-refractivity contribution < 1.29 is 87.0 Å². The fraction of sp³-hybridized carbons (Fsp3) is 0.364. The fourth-order valence-electron chi connectivity index (χ4n) is 14.0. The minimum Gasteiger partial charge on any atom is -0.395 e. The van der Waals surface area contributed by atoms with Gasteiger partial charge in [-0.1, -0.05) is 219 Å². The van der Waals surface area contributed by atoms with Crippen LogP contribution in [0.4, 0.5) is 0 Å². The molecule has 0 N–H and O–H groups in total. The monoisotopic (exact) mass is 1670 g/mol. The second kappa shape index (κ2) is 28.2. The van der Waals surface area contributed by atoms with Crippen molar-refractivity contribution >= 4 is 175 Å². The first-order valence-corrected chi connectivity index (χ1v) is 72.0. The molecule has 0 spiro atoms. The molecule has 8 aliphatic rings. The molecule has 3 atom stereocenters. The Kier molecular flexibility index (Phi) is 21.0. The Morgan fingerprint density at radius 1 is 0.252 bits per heavy atom.